The minimum Gasteiger partial charge on any atom is -0.490 e. The van der Waals surface area contributed by atoms with Crippen LogP contribution in [0, 0.1) is 5.82 Å². The van der Waals surface area contributed by atoms with Gasteiger partial charge in [0, 0.05) is 17.2 Å². The number of aliphatic hydroxyl groups excluding tert-OH is 1. The molecule has 2 aromatic rings. The van der Waals surface area contributed by atoms with Gasteiger partial charge in [0.2, 0.25) is 0 Å². The Balaban J connectivity index is 2.17. The first kappa shape index (κ1) is 19.7. The summed E-state index contributed by atoms with van der Waals surface area (Å²) >= 11 is 0. The van der Waals surface area contributed by atoms with Gasteiger partial charge in [0.15, 0.2) is 0 Å². The third-order valence-electron chi connectivity index (χ3n) is 3.87. The molecular weight excluding hydrogens is 335 g/mol. The van der Waals surface area contributed by atoms with E-state index in [2.05, 4.69) is 13.5 Å². The van der Waals surface area contributed by atoms with Crippen LogP contribution in [0.4, 0.5) is 4.39 Å². The number of aliphatic hydroxyl groups is 1. The van der Waals surface area contributed by atoms with E-state index >= 15 is 0 Å². The summed E-state index contributed by atoms with van der Waals surface area (Å²) in [7, 11) is 0. The molecule has 2 aromatic carbocycles. The van der Waals surface area contributed by atoms with Crippen LogP contribution < -0.4 is 4.74 Å². The summed E-state index contributed by atoms with van der Waals surface area (Å²) in [6.07, 6.45) is 2.86. The predicted octanol–water partition coefficient (Wildman–Crippen LogP) is 4.05. The predicted molar refractivity (Wildman–Crippen MR) is 98.4 cm³/mol. The zero-order valence-corrected chi connectivity index (χ0v) is 14.8. The van der Waals surface area contributed by atoms with Gasteiger partial charge in [0.1, 0.15) is 24.8 Å². The number of benzene rings is 2. The molecule has 138 valence electrons. The number of ether oxygens (including phenoxy) is 2. The van der Waals surface area contributed by atoms with Crippen LogP contribution in [0.3, 0.4) is 0 Å². The molecule has 0 amide bonds. The van der Waals surface area contributed by atoms with Crippen LogP contribution in [0.1, 0.15) is 24.5 Å². The van der Waals surface area contributed by atoms with E-state index in [1.54, 1.807) is 30.3 Å². The normalized spacial score (nSPS) is 10.4. The first-order valence-corrected chi connectivity index (χ1v) is 8.53. The van der Waals surface area contributed by atoms with E-state index in [-0.39, 0.29) is 25.6 Å². The lowest BCUT2D eigenvalue weighted by Crippen LogP contribution is -2.11. The summed E-state index contributed by atoms with van der Waals surface area (Å²) in [5, 5.41) is 9.46. The maximum Gasteiger partial charge on any atom is 0.330 e. The molecule has 0 heterocycles. The van der Waals surface area contributed by atoms with Crippen LogP contribution in [-0.4, -0.2) is 24.3 Å². The summed E-state index contributed by atoms with van der Waals surface area (Å²) < 4.78 is 24.9. The van der Waals surface area contributed by atoms with Crippen molar-refractivity contribution in [3.8, 4) is 16.9 Å². The van der Waals surface area contributed by atoms with E-state index in [1.807, 2.05) is 6.07 Å². The minimum atomic E-state index is -0.529. The first-order chi connectivity index (χ1) is 12.6. The van der Waals surface area contributed by atoms with E-state index in [0.29, 0.717) is 22.4 Å². The summed E-state index contributed by atoms with van der Waals surface area (Å²) in [6.45, 7) is 5.33. The summed E-state index contributed by atoms with van der Waals surface area (Å²) in [4.78, 5) is 11.0. The molecule has 0 bridgehead atoms. The fraction of sp³-hybridized carbons (Fsp3) is 0.286. The highest BCUT2D eigenvalue weighted by molar-refractivity contribution is 5.81. The Morgan fingerprint density at radius 1 is 1.23 bits per heavy atom. The number of hydrogen-bond donors (Lipinski definition) is 1. The molecule has 0 spiro atoms. The Bertz CT molecular complexity index is 771. The molecule has 0 aromatic heterocycles. The lowest BCUT2D eigenvalue weighted by molar-refractivity contribution is -0.138. The second kappa shape index (κ2) is 9.73. The zero-order chi connectivity index (χ0) is 18.9. The molecular formula is C21H23FO4. The highest BCUT2D eigenvalue weighted by Gasteiger charge is 2.11. The average Bonchev–Trinajstić information content (AvgIpc) is 2.65. The fourth-order valence-corrected chi connectivity index (χ4v) is 2.58. The second-order valence-corrected chi connectivity index (χ2v) is 5.76. The smallest absolute Gasteiger partial charge is 0.330 e. The number of carbonyl (C=O) groups excluding carboxylic acids is 1. The van der Waals surface area contributed by atoms with Gasteiger partial charge >= 0.3 is 5.97 Å². The largest absolute Gasteiger partial charge is 0.490 e. The molecule has 0 unspecified atom stereocenters. The van der Waals surface area contributed by atoms with E-state index < -0.39 is 5.97 Å². The number of hydrogen-bond acceptors (Lipinski definition) is 4. The first-order valence-electron chi connectivity index (χ1n) is 8.53. The molecule has 0 saturated heterocycles. The Kier molecular flexibility index (Phi) is 7.36. The number of halogens is 1. The standard InChI is InChI=1S/C21H23FO4/c1-3-5-15-6-9-18(19(22)12-15)16-7-8-17(14-23)20(13-16)25-10-11-26-21(24)4-2/h4,6-9,12-13,23H,2-3,5,10-11,14H2,1H3. The van der Waals surface area contributed by atoms with Gasteiger partial charge in [-0.15, -0.1) is 0 Å². The van der Waals surface area contributed by atoms with Gasteiger partial charge in [-0.05, 0) is 29.7 Å². The van der Waals surface area contributed by atoms with Gasteiger partial charge in [-0.1, -0.05) is 44.2 Å². The number of rotatable bonds is 9. The molecule has 4 nitrogen and oxygen atoms in total. The van der Waals surface area contributed by atoms with Crippen molar-refractivity contribution in [2.24, 2.45) is 0 Å². The molecule has 5 heteroatoms. The second-order valence-electron chi connectivity index (χ2n) is 5.76. The molecule has 0 radical (unpaired) electrons. The van der Waals surface area contributed by atoms with Crippen molar-refractivity contribution < 1.29 is 23.8 Å². The van der Waals surface area contributed by atoms with Crippen LogP contribution in [0.2, 0.25) is 0 Å². The Morgan fingerprint density at radius 2 is 2.04 bits per heavy atom. The van der Waals surface area contributed by atoms with Crippen molar-refractivity contribution in [3.05, 3.63) is 66.0 Å². The van der Waals surface area contributed by atoms with Crippen LogP contribution in [0.25, 0.3) is 11.1 Å². The van der Waals surface area contributed by atoms with Crippen molar-refractivity contribution in [1.29, 1.82) is 0 Å². The van der Waals surface area contributed by atoms with Crippen molar-refractivity contribution in [2.45, 2.75) is 26.4 Å². The Morgan fingerprint density at radius 3 is 2.69 bits per heavy atom. The minimum absolute atomic E-state index is 0.0556. The van der Waals surface area contributed by atoms with Crippen molar-refractivity contribution in [1.82, 2.24) is 0 Å². The molecule has 0 atom stereocenters. The molecule has 0 fully saturated rings. The zero-order valence-electron chi connectivity index (χ0n) is 14.8. The average molecular weight is 358 g/mol. The molecule has 26 heavy (non-hydrogen) atoms. The molecule has 0 aliphatic rings. The monoisotopic (exact) mass is 358 g/mol. The van der Waals surface area contributed by atoms with Gasteiger partial charge in [0.05, 0.1) is 6.61 Å². The number of esters is 1. The van der Waals surface area contributed by atoms with Gasteiger partial charge in [-0.2, -0.15) is 0 Å². The molecule has 2 rings (SSSR count). The quantitative estimate of drug-likeness (QED) is 0.417. The molecule has 0 aliphatic carbocycles. The van der Waals surface area contributed by atoms with E-state index in [9.17, 15) is 14.3 Å². The highest BCUT2D eigenvalue weighted by Crippen LogP contribution is 2.30. The number of carbonyl (C=O) groups is 1. The van der Waals surface area contributed by atoms with Crippen molar-refractivity contribution in [3.63, 3.8) is 0 Å². The lowest BCUT2D eigenvalue weighted by atomic mass is 10.00. The third kappa shape index (κ3) is 5.17. The van der Waals surface area contributed by atoms with Crippen LogP contribution in [0.15, 0.2) is 49.1 Å². The van der Waals surface area contributed by atoms with Gasteiger partial charge < -0.3 is 14.6 Å². The summed E-state index contributed by atoms with van der Waals surface area (Å²) in [5.41, 5.74) is 2.66. The van der Waals surface area contributed by atoms with Crippen molar-refractivity contribution in [2.75, 3.05) is 13.2 Å². The SMILES string of the molecule is C=CC(=O)OCCOc1cc(-c2ccc(CCC)cc2F)ccc1CO. The van der Waals surface area contributed by atoms with Crippen molar-refractivity contribution >= 4 is 5.97 Å². The Hall–Kier alpha value is -2.66. The van der Waals surface area contributed by atoms with Crippen LogP contribution in [0.5, 0.6) is 5.75 Å². The third-order valence-corrected chi connectivity index (χ3v) is 3.87. The summed E-state index contributed by atoms with van der Waals surface area (Å²) in [5.74, 6) is -0.394. The van der Waals surface area contributed by atoms with Crippen LogP contribution in [-0.2, 0) is 22.6 Å². The highest BCUT2D eigenvalue weighted by atomic mass is 19.1. The lowest BCUT2D eigenvalue weighted by Gasteiger charge is -2.13. The maximum absolute atomic E-state index is 14.5. The van der Waals surface area contributed by atoms with Gasteiger partial charge in [0.25, 0.3) is 0 Å². The molecule has 0 saturated carbocycles. The topological polar surface area (TPSA) is 55.8 Å². The maximum atomic E-state index is 14.5. The molecule has 0 aliphatic heterocycles. The van der Waals surface area contributed by atoms with Crippen LogP contribution >= 0.6 is 0 Å². The fourth-order valence-electron chi connectivity index (χ4n) is 2.58. The molecule has 1 N–H and O–H groups in total. The van der Waals surface area contributed by atoms with E-state index in [4.69, 9.17) is 9.47 Å². The Labute approximate surface area is 152 Å². The summed E-state index contributed by atoms with van der Waals surface area (Å²) in [6, 6.07) is 10.3. The van der Waals surface area contributed by atoms with Gasteiger partial charge in [-0.25, -0.2) is 9.18 Å². The van der Waals surface area contributed by atoms with E-state index in [1.165, 1.54) is 0 Å². The van der Waals surface area contributed by atoms with Gasteiger partial charge in [-0.3, -0.25) is 0 Å². The van der Waals surface area contributed by atoms with E-state index in [0.717, 1.165) is 24.5 Å². The number of aryl methyl sites for hydroxylation is 1.